The van der Waals surface area contributed by atoms with E-state index in [1.54, 1.807) is 19.1 Å². The van der Waals surface area contributed by atoms with E-state index in [4.69, 9.17) is 72.3 Å². The number of hydrogen-bond acceptors (Lipinski definition) is 4. The summed E-state index contributed by atoms with van der Waals surface area (Å²) in [6.07, 6.45) is 4.11. The predicted octanol–water partition coefficient (Wildman–Crippen LogP) is 6.83. The van der Waals surface area contributed by atoms with E-state index in [0.717, 1.165) is 19.3 Å². The van der Waals surface area contributed by atoms with Gasteiger partial charge in [0.2, 0.25) is 0 Å². The fourth-order valence-electron chi connectivity index (χ4n) is 1.71. The molecule has 0 atom stereocenters. The lowest BCUT2D eigenvalue weighted by Crippen LogP contribution is -2.00. The second kappa shape index (κ2) is 12.8. The Morgan fingerprint density at radius 3 is 2.24 bits per heavy atom. The van der Waals surface area contributed by atoms with Crippen molar-refractivity contribution in [3.05, 3.63) is 32.7 Å². The first-order chi connectivity index (χ1) is 11.9. The average molecular weight is 450 g/mol. The van der Waals surface area contributed by atoms with Gasteiger partial charge >= 0.3 is 0 Å². The van der Waals surface area contributed by atoms with E-state index < -0.39 is 0 Å². The Balaban J connectivity index is 2.36. The zero-order valence-electron chi connectivity index (χ0n) is 13.5. The molecule has 0 aliphatic carbocycles. The van der Waals surface area contributed by atoms with Crippen LogP contribution in [0.15, 0.2) is 27.9 Å². The first-order valence-electron chi connectivity index (χ1n) is 7.48. The molecule has 0 radical (unpaired) electrons. The molecule has 0 aromatic heterocycles. The van der Waals surface area contributed by atoms with Crippen LogP contribution in [0, 0.1) is 0 Å². The van der Waals surface area contributed by atoms with Gasteiger partial charge in [-0.3, -0.25) is 0 Å². The molecular formula is C16H18Cl5NO3. The van der Waals surface area contributed by atoms with E-state index in [2.05, 4.69) is 5.16 Å². The summed E-state index contributed by atoms with van der Waals surface area (Å²) in [6, 6.07) is 3.25. The first-order valence-corrected chi connectivity index (χ1v) is 9.37. The van der Waals surface area contributed by atoms with Crippen molar-refractivity contribution < 1.29 is 14.3 Å². The Morgan fingerprint density at radius 2 is 1.64 bits per heavy atom. The molecule has 0 bridgehead atoms. The van der Waals surface area contributed by atoms with Crippen LogP contribution in [0.5, 0.6) is 11.5 Å². The van der Waals surface area contributed by atoms with Gasteiger partial charge in [-0.2, -0.15) is 0 Å². The van der Waals surface area contributed by atoms with E-state index >= 15 is 0 Å². The summed E-state index contributed by atoms with van der Waals surface area (Å²) >= 11 is 28.9. The molecule has 1 rings (SSSR count). The van der Waals surface area contributed by atoms with Crippen LogP contribution in [-0.4, -0.2) is 25.0 Å². The number of nitrogens with zero attached hydrogens (tertiary/aromatic N) is 1. The minimum atomic E-state index is 0.132. The maximum absolute atomic E-state index is 6.18. The fraction of sp³-hybridized carbons (Fsp3) is 0.438. The zero-order valence-corrected chi connectivity index (χ0v) is 17.3. The monoisotopic (exact) mass is 447 g/mol. The molecule has 0 fully saturated rings. The largest absolute Gasteiger partial charge is 0.490 e. The zero-order chi connectivity index (χ0) is 18.7. The third-order valence-corrected chi connectivity index (χ3v) is 3.72. The van der Waals surface area contributed by atoms with Crippen LogP contribution in [0.4, 0.5) is 0 Å². The SMILES string of the molecule is CC(Cl)=NOCCCCCOc1c(Cl)cc(OCC=C(Cl)Cl)cc1Cl. The molecule has 0 N–H and O–H groups in total. The van der Waals surface area contributed by atoms with Crippen molar-refractivity contribution in [2.45, 2.75) is 26.2 Å². The molecule has 1 aromatic rings. The first kappa shape index (κ1) is 22.5. The van der Waals surface area contributed by atoms with Crippen LogP contribution in [0.2, 0.25) is 10.0 Å². The predicted molar refractivity (Wildman–Crippen MR) is 106 cm³/mol. The molecular weight excluding hydrogens is 431 g/mol. The molecule has 0 unspecified atom stereocenters. The Kier molecular flexibility index (Phi) is 11.5. The molecule has 0 saturated carbocycles. The Morgan fingerprint density at radius 1 is 1.00 bits per heavy atom. The van der Waals surface area contributed by atoms with E-state index in [-0.39, 0.29) is 11.1 Å². The summed E-state index contributed by atoms with van der Waals surface area (Å²) < 4.78 is 11.2. The quantitative estimate of drug-likeness (QED) is 0.211. The minimum Gasteiger partial charge on any atom is -0.490 e. The molecule has 0 aliphatic heterocycles. The van der Waals surface area contributed by atoms with Gasteiger partial charge in [0.05, 0.1) is 16.7 Å². The summed E-state index contributed by atoms with van der Waals surface area (Å²) in [5.74, 6) is 0.931. The van der Waals surface area contributed by atoms with E-state index in [1.165, 1.54) is 6.08 Å². The lowest BCUT2D eigenvalue weighted by molar-refractivity contribution is 0.139. The van der Waals surface area contributed by atoms with Gasteiger partial charge in [-0.15, -0.1) is 0 Å². The van der Waals surface area contributed by atoms with Gasteiger partial charge in [0.15, 0.2) is 5.75 Å². The van der Waals surface area contributed by atoms with Crippen LogP contribution >= 0.6 is 58.0 Å². The number of rotatable bonds is 11. The lowest BCUT2D eigenvalue weighted by Gasteiger charge is -2.12. The standard InChI is InChI=1S/C16H18Cl5NO3/c1-11(17)22-25-7-4-2-3-6-24-16-13(18)9-12(10-14(16)19)23-8-5-15(20)21/h5,9-10H,2-4,6-8H2,1H3. The lowest BCUT2D eigenvalue weighted by atomic mass is 10.2. The average Bonchev–Trinajstić information content (AvgIpc) is 2.51. The molecule has 0 aliphatic rings. The van der Waals surface area contributed by atoms with Gasteiger partial charge in [0.25, 0.3) is 0 Å². The highest BCUT2D eigenvalue weighted by Gasteiger charge is 2.10. The highest BCUT2D eigenvalue weighted by molar-refractivity contribution is 6.64. The van der Waals surface area contributed by atoms with Crippen molar-refractivity contribution >= 4 is 63.2 Å². The van der Waals surface area contributed by atoms with E-state index in [0.29, 0.717) is 39.9 Å². The maximum atomic E-state index is 6.18. The molecule has 0 heterocycles. The van der Waals surface area contributed by atoms with Gasteiger partial charge < -0.3 is 14.3 Å². The van der Waals surface area contributed by atoms with Crippen LogP contribution in [-0.2, 0) is 4.84 Å². The smallest absolute Gasteiger partial charge is 0.156 e. The summed E-state index contributed by atoms with van der Waals surface area (Å²) in [4.78, 5) is 5.00. The highest BCUT2D eigenvalue weighted by Crippen LogP contribution is 2.37. The van der Waals surface area contributed by atoms with Crippen molar-refractivity contribution in [1.82, 2.24) is 0 Å². The van der Waals surface area contributed by atoms with Gasteiger partial charge in [0, 0.05) is 12.1 Å². The Hall–Kier alpha value is -0.520. The number of benzene rings is 1. The van der Waals surface area contributed by atoms with Crippen molar-refractivity contribution in [3.63, 3.8) is 0 Å². The number of unbranched alkanes of at least 4 members (excludes halogenated alkanes) is 2. The minimum absolute atomic E-state index is 0.132. The van der Waals surface area contributed by atoms with Crippen LogP contribution in [0.3, 0.4) is 0 Å². The van der Waals surface area contributed by atoms with E-state index in [1.807, 2.05) is 0 Å². The van der Waals surface area contributed by atoms with E-state index in [9.17, 15) is 0 Å². The Labute approximate surface area is 172 Å². The van der Waals surface area contributed by atoms with Gasteiger partial charge in [0.1, 0.15) is 28.6 Å². The molecule has 0 amide bonds. The van der Waals surface area contributed by atoms with Crippen molar-refractivity contribution in [2.24, 2.45) is 5.16 Å². The van der Waals surface area contributed by atoms with Gasteiger partial charge in [-0.05, 0) is 32.3 Å². The third-order valence-electron chi connectivity index (χ3n) is 2.78. The van der Waals surface area contributed by atoms with Gasteiger partial charge in [-0.25, -0.2) is 0 Å². The maximum Gasteiger partial charge on any atom is 0.156 e. The van der Waals surface area contributed by atoms with Crippen molar-refractivity contribution in [3.8, 4) is 11.5 Å². The molecule has 4 nitrogen and oxygen atoms in total. The summed E-state index contributed by atoms with van der Waals surface area (Å²) in [5, 5.41) is 4.76. The second-order valence-electron chi connectivity index (χ2n) is 4.85. The fourth-order valence-corrected chi connectivity index (χ4v) is 2.46. The van der Waals surface area contributed by atoms with Crippen molar-refractivity contribution in [2.75, 3.05) is 19.8 Å². The summed E-state index contributed by atoms with van der Waals surface area (Å²) in [7, 11) is 0. The molecule has 9 heteroatoms. The number of ether oxygens (including phenoxy) is 2. The summed E-state index contributed by atoms with van der Waals surface area (Å²) in [5.41, 5.74) is 0. The van der Waals surface area contributed by atoms with Crippen LogP contribution in [0.25, 0.3) is 0 Å². The molecule has 1 aromatic carbocycles. The molecule has 25 heavy (non-hydrogen) atoms. The molecule has 0 saturated heterocycles. The van der Waals surface area contributed by atoms with Crippen LogP contribution in [0.1, 0.15) is 26.2 Å². The summed E-state index contributed by atoms with van der Waals surface area (Å²) in [6.45, 7) is 2.87. The number of halogens is 5. The molecule has 140 valence electrons. The third kappa shape index (κ3) is 10.3. The number of hydrogen-bond donors (Lipinski definition) is 0. The van der Waals surface area contributed by atoms with Crippen molar-refractivity contribution in [1.29, 1.82) is 0 Å². The molecule has 0 spiro atoms. The van der Waals surface area contributed by atoms with Gasteiger partial charge in [-0.1, -0.05) is 63.2 Å². The Bertz CT molecular complexity index is 576. The van der Waals surface area contributed by atoms with Crippen LogP contribution < -0.4 is 9.47 Å². The topological polar surface area (TPSA) is 40.0 Å². The normalized spacial score (nSPS) is 11.2. The number of oxime groups is 1. The second-order valence-corrected chi connectivity index (χ2v) is 7.22. The highest BCUT2D eigenvalue weighted by atomic mass is 35.5.